The van der Waals surface area contributed by atoms with E-state index >= 15 is 17.6 Å². The average Bonchev–Trinajstić information content (AvgIpc) is 3.46. The van der Waals surface area contributed by atoms with E-state index in [9.17, 15) is 20.2 Å². The molecule has 0 radical (unpaired) electrons. The number of halogens is 6. The van der Waals surface area contributed by atoms with Crippen molar-refractivity contribution in [2.24, 2.45) is 11.8 Å². The largest absolute Gasteiger partial charge is 0.367 e. The van der Waals surface area contributed by atoms with Gasteiger partial charge in [0.25, 0.3) is 11.4 Å². The summed E-state index contributed by atoms with van der Waals surface area (Å²) in [4.78, 5) is 24.8. The Hall–Kier alpha value is -3.64. The van der Waals surface area contributed by atoms with Gasteiger partial charge in [-0.3, -0.25) is 20.2 Å². The molecule has 8 nitrogen and oxygen atoms in total. The molecule has 3 aliphatic rings. The minimum Gasteiger partial charge on any atom is -0.367 e. The van der Waals surface area contributed by atoms with Crippen LogP contribution in [0.3, 0.4) is 0 Å². The molecule has 2 atom stereocenters. The monoisotopic (exact) mass is 694 g/mol. The van der Waals surface area contributed by atoms with E-state index in [4.69, 9.17) is 23.2 Å². The van der Waals surface area contributed by atoms with Crippen molar-refractivity contribution in [2.45, 2.75) is 69.9 Å². The molecule has 6 rings (SSSR count). The van der Waals surface area contributed by atoms with E-state index in [1.807, 2.05) is 0 Å². The van der Waals surface area contributed by atoms with Gasteiger partial charge in [0.1, 0.15) is 27.4 Å². The van der Waals surface area contributed by atoms with Crippen molar-refractivity contribution in [3.8, 4) is 0 Å². The maximum Gasteiger partial charge on any atom is 0.288 e. The second-order valence-electron chi connectivity index (χ2n) is 12.7. The van der Waals surface area contributed by atoms with E-state index in [1.165, 1.54) is 37.0 Å². The first kappa shape index (κ1) is 33.3. The molecule has 3 fully saturated rings. The van der Waals surface area contributed by atoms with Crippen LogP contribution in [0.2, 0.25) is 10.0 Å². The lowest BCUT2D eigenvalue weighted by molar-refractivity contribution is -0.384. The summed E-state index contributed by atoms with van der Waals surface area (Å²) >= 11 is 11.8. The van der Waals surface area contributed by atoms with Gasteiger partial charge in [0, 0.05) is 42.0 Å². The van der Waals surface area contributed by atoms with Gasteiger partial charge in [0.15, 0.2) is 11.6 Å². The summed E-state index contributed by atoms with van der Waals surface area (Å²) in [7, 11) is 0. The molecule has 1 saturated carbocycles. The van der Waals surface area contributed by atoms with Crippen molar-refractivity contribution in [1.82, 2.24) is 0 Å². The summed E-state index contributed by atoms with van der Waals surface area (Å²) in [5.74, 6) is -2.40. The number of nitro benzene ring substituents is 2. The van der Waals surface area contributed by atoms with E-state index < -0.39 is 66.6 Å². The van der Waals surface area contributed by atoms with Gasteiger partial charge in [-0.1, -0.05) is 55.3 Å². The van der Waals surface area contributed by atoms with Crippen molar-refractivity contribution in [3.63, 3.8) is 0 Å². The molecule has 0 N–H and O–H groups in total. The number of nitro groups is 2. The standard InChI is InChI=1S/C33H32Cl2F4N4O4/c34-23-16-25(36)21(14-31(23)42(44)45)29-6-7-30(22-15-32(43(46)47)24(35)17-26(22)37)41(29)20-12-27(38)33(28(39)13-20)40-10-8-19(9-11-40)18-4-2-1-3-5-18/h12-19,29-30H,1-11H2. The minimum atomic E-state index is -1.07. The highest BCUT2D eigenvalue weighted by atomic mass is 35.5. The van der Waals surface area contributed by atoms with Crippen LogP contribution in [0.15, 0.2) is 36.4 Å². The number of nitrogens with zero attached hydrogens (tertiary/aromatic N) is 4. The van der Waals surface area contributed by atoms with Gasteiger partial charge in [-0.2, -0.15) is 0 Å². The summed E-state index contributed by atoms with van der Waals surface area (Å²) in [5, 5.41) is 22.4. The van der Waals surface area contributed by atoms with Crippen LogP contribution in [-0.2, 0) is 0 Å². The maximum atomic E-state index is 16.0. The van der Waals surface area contributed by atoms with E-state index in [0.717, 1.165) is 49.2 Å². The van der Waals surface area contributed by atoms with Gasteiger partial charge in [-0.25, -0.2) is 17.6 Å². The molecule has 3 aromatic rings. The van der Waals surface area contributed by atoms with Crippen LogP contribution in [-0.4, -0.2) is 22.9 Å². The molecular formula is C33H32Cl2F4N4O4. The zero-order chi connectivity index (χ0) is 33.6. The Labute approximate surface area is 278 Å². The number of hydrogen-bond donors (Lipinski definition) is 0. The summed E-state index contributed by atoms with van der Waals surface area (Å²) < 4.78 is 62.8. The summed E-state index contributed by atoms with van der Waals surface area (Å²) in [6, 6.07) is 3.52. The molecule has 2 heterocycles. The molecule has 47 heavy (non-hydrogen) atoms. The molecular weight excluding hydrogens is 663 g/mol. The molecule has 1 aliphatic carbocycles. The van der Waals surface area contributed by atoms with Gasteiger partial charge in [0.05, 0.1) is 21.9 Å². The third kappa shape index (κ3) is 6.46. The van der Waals surface area contributed by atoms with Crippen LogP contribution in [0.5, 0.6) is 0 Å². The molecule has 2 saturated heterocycles. The summed E-state index contributed by atoms with van der Waals surface area (Å²) in [6.45, 7) is 0.977. The fourth-order valence-electron chi connectivity index (χ4n) is 7.88. The highest BCUT2D eigenvalue weighted by Crippen LogP contribution is 2.51. The van der Waals surface area contributed by atoms with Crippen molar-refractivity contribution in [2.75, 3.05) is 22.9 Å². The van der Waals surface area contributed by atoms with Crippen LogP contribution < -0.4 is 9.80 Å². The van der Waals surface area contributed by atoms with Gasteiger partial charge < -0.3 is 9.80 Å². The molecule has 14 heteroatoms. The lowest BCUT2D eigenvalue weighted by Crippen LogP contribution is -2.37. The Balaban J connectivity index is 1.39. The van der Waals surface area contributed by atoms with Crippen molar-refractivity contribution < 1.29 is 27.4 Å². The van der Waals surface area contributed by atoms with Crippen LogP contribution in [0, 0.1) is 55.3 Å². The minimum absolute atomic E-state index is 0.0654. The number of benzene rings is 3. The summed E-state index contributed by atoms with van der Waals surface area (Å²) in [6.07, 6.45) is 7.84. The summed E-state index contributed by atoms with van der Waals surface area (Å²) in [5.41, 5.74) is -1.82. The Morgan fingerprint density at radius 1 is 0.617 bits per heavy atom. The molecule has 0 spiro atoms. The first-order valence-corrected chi connectivity index (χ1v) is 16.5. The number of hydrogen-bond acceptors (Lipinski definition) is 6. The van der Waals surface area contributed by atoms with E-state index in [2.05, 4.69) is 0 Å². The first-order valence-electron chi connectivity index (χ1n) is 15.7. The van der Waals surface area contributed by atoms with Crippen LogP contribution >= 0.6 is 23.2 Å². The Morgan fingerprint density at radius 2 is 1.06 bits per heavy atom. The van der Waals surface area contributed by atoms with Crippen LogP contribution in [0.1, 0.15) is 81.0 Å². The smallest absolute Gasteiger partial charge is 0.288 e. The Morgan fingerprint density at radius 3 is 1.51 bits per heavy atom. The van der Waals surface area contributed by atoms with Gasteiger partial charge in [-0.15, -0.1) is 0 Å². The normalized spacial score (nSPS) is 21.0. The number of anilines is 2. The lowest BCUT2D eigenvalue weighted by atomic mass is 9.76. The molecule has 250 valence electrons. The third-order valence-electron chi connectivity index (χ3n) is 10.1. The predicted molar refractivity (Wildman–Crippen MR) is 171 cm³/mol. The van der Waals surface area contributed by atoms with Crippen LogP contribution in [0.25, 0.3) is 0 Å². The quantitative estimate of drug-likeness (QED) is 0.139. The second-order valence-corrected chi connectivity index (χ2v) is 13.5. The Kier molecular flexibility index (Phi) is 9.53. The topological polar surface area (TPSA) is 92.8 Å². The van der Waals surface area contributed by atoms with Gasteiger partial charge in [0.2, 0.25) is 0 Å². The fraction of sp³-hybridized carbons (Fsp3) is 0.455. The van der Waals surface area contributed by atoms with Crippen molar-refractivity contribution in [1.29, 1.82) is 0 Å². The highest BCUT2D eigenvalue weighted by molar-refractivity contribution is 6.33. The fourth-order valence-corrected chi connectivity index (χ4v) is 8.32. The zero-order valence-corrected chi connectivity index (χ0v) is 26.8. The third-order valence-corrected chi connectivity index (χ3v) is 10.7. The highest BCUT2D eigenvalue weighted by Gasteiger charge is 2.41. The first-order chi connectivity index (χ1) is 22.4. The van der Waals surface area contributed by atoms with E-state index in [-0.39, 0.29) is 35.3 Å². The molecule has 0 bridgehead atoms. The molecule has 2 unspecified atom stereocenters. The average molecular weight is 696 g/mol. The number of piperidine rings is 1. The lowest BCUT2D eigenvalue weighted by Gasteiger charge is -2.39. The Bertz CT molecular complexity index is 1620. The molecule has 3 aromatic carbocycles. The second kappa shape index (κ2) is 13.5. The van der Waals surface area contributed by atoms with Gasteiger partial charge >= 0.3 is 0 Å². The number of rotatable bonds is 7. The molecule has 2 aliphatic heterocycles. The predicted octanol–water partition coefficient (Wildman–Crippen LogP) is 10.2. The maximum absolute atomic E-state index is 16.0. The molecule has 0 amide bonds. The zero-order valence-electron chi connectivity index (χ0n) is 25.2. The van der Waals surface area contributed by atoms with Crippen molar-refractivity contribution >= 4 is 46.0 Å². The van der Waals surface area contributed by atoms with Crippen molar-refractivity contribution in [3.05, 3.63) is 101 Å². The van der Waals surface area contributed by atoms with E-state index in [1.54, 1.807) is 4.90 Å². The van der Waals surface area contributed by atoms with E-state index in [0.29, 0.717) is 24.9 Å². The molecule has 0 aromatic heterocycles. The SMILES string of the molecule is O=[N+]([O-])c1cc(C2CCC(c3cc([N+](=O)[O-])c(Cl)cc3F)N2c2cc(F)c(N3CCC(C4CCCCC4)CC3)c(F)c2)c(F)cc1Cl. The van der Waals surface area contributed by atoms with Crippen LogP contribution in [0.4, 0.5) is 40.3 Å². The van der Waals surface area contributed by atoms with Gasteiger partial charge in [-0.05, 0) is 61.8 Å².